The third-order valence-electron chi connectivity index (χ3n) is 4.01. The van der Waals surface area contributed by atoms with Crippen molar-refractivity contribution in [1.29, 1.82) is 0 Å². The molecule has 0 radical (unpaired) electrons. The molecule has 1 unspecified atom stereocenters. The van der Waals surface area contributed by atoms with Crippen molar-refractivity contribution in [2.75, 3.05) is 0 Å². The second kappa shape index (κ2) is 8.18. The highest BCUT2D eigenvalue weighted by Gasteiger charge is 2.10. The quantitative estimate of drug-likeness (QED) is 0.699. The van der Waals surface area contributed by atoms with E-state index < -0.39 is 0 Å². The number of hydrogen-bond acceptors (Lipinski definition) is 2. The van der Waals surface area contributed by atoms with Crippen molar-refractivity contribution in [2.45, 2.75) is 71.4 Å². The summed E-state index contributed by atoms with van der Waals surface area (Å²) < 4.78 is 2.31. The molecule has 0 aliphatic heterocycles. The first-order valence-corrected chi connectivity index (χ1v) is 8.40. The lowest BCUT2D eigenvalue weighted by molar-refractivity contribution is 0.563. The molecule has 116 valence electrons. The molecule has 2 rings (SSSR count). The summed E-state index contributed by atoms with van der Waals surface area (Å²) in [5, 5.41) is 1.26. The van der Waals surface area contributed by atoms with Gasteiger partial charge in [-0.05, 0) is 37.5 Å². The Labute approximate surface area is 128 Å². The smallest absolute Gasteiger partial charge is 0.140 e. The van der Waals surface area contributed by atoms with E-state index >= 15 is 0 Å². The number of aryl methyl sites for hydroxylation is 1. The molecule has 0 aliphatic carbocycles. The molecular formula is C18H29N3. The molecular weight excluding hydrogens is 258 g/mol. The minimum atomic E-state index is 0.193. The molecule has 0 aromatic carbocycles. The van der Waals surface area contributed by atoms with Gasteiger partial charge in [-0.3, -0.25) is 0 Å². The van der Waals surface area contributed by atoms with Crippen LogP contribution in [-0.4, -0.2) is 15.6 Å². The molecule has 0 amide bonds. The second-order valence-corrected chi connectivity index (χ2v) is 6.17. The van der Waals surface area contributed by atoms with Crippen LogP contribution >= 0.6 is 0 Å². The van der Waals surface area contributed by atoms with Crippen LogP contribution in [0.1, 0.15) is 57.9 Å². The summed E-state index contributed by atoms with van der Waals surface area (Å²) in [5.41, 5.74) is 8.41. The summed E-state index contributed by atoms with van der Waals surface area (Å²) in [6, 6.07) is 4.37. The van der Waals surface area contributed by atoms with Gasteiger partial charge in [-0.2, -0.15) is 0 Å². The zero-order chi connectivity index (χ0) is 15.1. The lowest BCUT2D eigenvalue weighted by Gasteiger charge is -2.04. The maximum atomic E-state index is 5.96. The molecule has 0 bridgehead atoms. The number of unbranched alkanes of at least 4 members (excludes halogenated alkanes) is 5. The summed E-state index contributed by atoms with van der Waals surface area (Å²) in [4.78, 5) is 4.56. The molecule has 3 heteroatoms. The lowest BCUT2D eigenvalue weighted by atomic mass is 10.1. The normalized spacial score (nSPS) is 12.9. The number of pyridine rings is 1. The van der Waals surface area contributed by atoms with E-state index in [-0.39, 0.29) is 6.04 Å². The van der Waals surface area contributed by atoms with Gasteiger partial charge in [-0.25, -0.2) is 4.98 Å². The van der Waals surface area contributed by atoms with Crippen molar-refractivity contribution < 1.29 is 0 Å². The predicted molar refractivity (Wildman–Crippen MR) is 90.5 cm³/mol. The zero-order valence-electron chi connectivity index (χ0n) is 13.5. The Morgan fingerprint density at radius 1 is 1.19 bits per heavy atom. The highest BCUT2D eigenvalue weighted by molar-refractivity contribution is 5.80. The van der Waals surface area contributed by atoms with Crippen molar-refractivity contribution in [3.8, 4) is 0 Å². The van der Waals surface area contributed by atoms with Crippen LogP contribution in [-0.2, 0) is 13.0 Å². The number of aromatic nitrogens is 2. The summed E-state index contributed by atoms with van der Waals surface area (Å²) >= 11 is 0. The van der Waals surface area contributed by atoms with Gasteiger partial charge in [0.2, 0.25) is 0 Å². The number of nitrogens with two attached hydrogens (primary N) is 1. The molecule has 0 saturated heterocycles. The van der Waals surface area contributed by atoms with Gasteiger partial charge >= 0.3 is 0 Å². The molecule has 0 saturated carbocycles. The Hall–Kier alpha value is -1.35. The van der Waals surface area contributed by atoms with Crippen LogP contribution in [0, 0.1) is 0 Å². The number of fused-ring (bicyclic) bond motifs is 1. The third-order valence-corrected chi connectivity index (χ3v) is 4.01. The molecule has 0 aliphatic rings. The average molecular weight is 287 g/mol. The zero-order valence-corrected chi connectivity index (χ0v) is 13.5. The van der Waals surface area contributed by atoms with Crippen molar-refractivity contribution in [3.63, 3.8) is 0 Å². The minimum absolute atomic E-state index is 0.193. The molecule has 2 N–H and O–H groups in total. The first-order chi connectivity index (χ1) is 10.2. The van der Waals surface area contributed by atoms with Gasteiger partial charge in [-0.1, -0.05) is 39.0 Å². The molecule has 3 nitrogen and oxygen atoms in total. The van der Waals surface area contributed by atoms with Crippen molar-refractivity contribution in [2.24, 2.45) is 5.73 Å². The third kappa shape index (κ3) is 4.57. The van der Waals surface area contributed by atoms with E-state index in [1.54, 1.807) is 0 Å². The highest BCUT2D eigenvalue weighted by atomic mass is 15.0. The van der Waals surface area contributed by atoms with Crippen molar-refractivity contribution >= 4 is 11.0 Å². The molecule has 0 fully saturated rings. The van der Waals surface area contributed by atoms with Crippen molar-refractivity contribution in [3.05, 3.63) is 30.1 Å². The van der Waals surface area contributed by atoms with Gasteiger partial charge in [0, 0.05) is 30.4 Å². The van der Waals surface area contributed by atoms with Crippen molar-refractivity contribution in [1.82, 2.24) is 9.55 Å². The van der Waals surface area contributed by atoms with Gasteiger partial charge in [0.25, 0.3) is 0 Å². The van der Waals surface area contributed by atoms with Crippen LogP contribution in [0.4, 0.5) is 0 Å². The summed E-state index contributed by atoms with van der Waals surface area (Å²) in [5.74, 6) is 0. The fourth-order valence-electron chi connectivity index (χ4n) is 2.94. The first-order valence-electron chi connectivity index (χ1n) is 8.40. The average Bonchev–Trinajstić information content (AvgIpc) is 2.81. The van der Waals surface area contributed by atoms with Crippen LogP contribution in [0.2, 0.25) is 0 Å². The van der Waals surface area contributed by atoms with Gasteiger partial charge in [-0.15, -0.1) is 0 Å². The number of hydrogen-bond donors (Lipinski definition) is 1. The molecule has 0 spiro atoms. The standard InChI is InChI=1S/C18H29N3/c1-3-4-5-6-7-8-12-21-14-16(13-15(2)19)17-10-9-11-20-18(17)21/h9-11,14-15H,3-8,12-13,19H2,1-2H3. The van der Waals surface area contributed by atoms with Crippen LogP contribution in [0.3, 0.4) is 0 Å². The van der Waals surface area contributed by atoms with Crippen LogP contribution in [0.5, 0.6) is 0 Å². The van der Waals surface area contributed by atoms with Gasteiger partial charge in [0.05, 0.1) is 0 Å². The van der Waals surface area contributed by atoms with Crippen LogP contribution < -0.4 is 5.73 Å². The number of rotatable bonds is 9. The van der Waals surface area contributed by atoms with E-state index in [2.05, 4.69) is 35.7 Å². The Morgan fingerprint density at radius 2 is 1.95 bits per heavy atom. The SMILES string of the molecule is CCCCCCCCn1cc(CC(C)N)c2cccnc21. The molecule has 2 aromatic heterocycles. The lowest BCUT2D eigenvalue weighted by Crippen LogP contribution is -2.17. The van der Waals surface area contributed by atoms with Gasteiger partial charge < -0.3 is 10.3 Å². The maximum absolute atomic E-state index is 5.96. The van der Waals surface area contributed by atoms with E-state index in [1.807, 2.05) is 12.3 Å². The fraction of sp³-hybridized carbons (Fsp3) is 0.611. The highest BCUT2D eigenvalue weighted by Crippen LogP contribution is 2.21. The molecule has 2 aromatic rings. The molecule has 21 heavy (non-hydrogen) atoms. The molecule has 1 atom stereocenters. The summed E-state index contributed by atoms with van der Waals surface area (Å²) in [7, 11) is 0. The Balaban J connectivity index is 1.99. The van der Waals surface area contributed by atoms with Gasteiger partial charge in [0.1, 0.15) is 5.65 Å². The van der Waals surface area contributed by atoms with E-state index in [0.29, 0.717) is 0 Å². The van der Waals surface area contributed by atoms with E-state index in [9.17, 15) is 0 Å². The number of nitrogens with zero attached hydrogens (tertiary/aromatic N) is 2. The fourth-order valence-corrected chi connectivity index (χ4v) is 2.94. The monoisotopic (exact) mass is 287 g/mol. The molecule has 2 heterocycles. The van der Waals surface area contributed by atoms with E-state index in [1.165, 1.54) is 49.5 Å². The minimum Gasteiger partial charge on any atom is -0.332 e. The Bertz CT molecular complexity index is 542. The maximum Gasteiger partial charge on any atom is 0.140 e. The van der Waals surface area contributed by atoms with Crippen LogP contribution in [0.15, 0.2) is 24.5 Å². The summed E-state index contributed by atoms with van der Waals surface area (Å²) in [6.45, 7) is 5.39. The Morgan fingerprint density at radius 3 is 2.71 bits per heavy atom. The summed E-state index contributed by atoms with van der Waals surface area (Å²) in [6.07, 6.45) is 13.0. The van der Waals surface area contributed by atoms with E-state index in [4.69, 9.17) is 5.73 Å². The largest absolute Gasteiger partial charge is 0.332 e. The van der Waals surface area contributed by atoms with Crippen LogP contribution in [0.25, 0.3) is 11.0 Å². The first kappa shape index (κ1) is 16.0. The van der Waals surface area contributed by atoms with E-state index in [0.717, 1.165) is 18.6 Å². The predicted octanol–water partition coefficient (Wildman–Crippen LogP) is 4.29. The topological polar surface area (TPSA) is 43.8 Å². The Kier molecular flexibility index (Phi) is 6.24. The van der Waals surface area contributed by atoms with Gasteiger partial charge in [0.15, 0.2) is 0 Å². The second-order valence-electron chi connectivity index (χ2n) is 6.17.